The number of nitriles is 1. The molecule has 1 aliphatic rings. The van der Waals surface area contributed by atoms with Crippen LogP contribution >= 0.6 is 0 Å². The number of pyridine rings is 1. The van der Waals surface area contributed by atoms with Gasteiger partial charge >= 0.3 is 0 Å². The zero-order valence-electron chi connectivity index (χ0n) is 14.1. The van der Waals surface area contributed by atoms with Crippen LogP contribution in [0.2, 0.25) is 0 Å². The molecule has 1 N–H and O–H groups in total. The van der Waals surface area contributed by atoms with Crippen molar-refractivity contribution in [3.8, 4) is 17.5 Å². The van der Waals surface area contributed by atoms with Gasteiger partial charge in [0, 0.05) is 43.2 Å². The molecule has 2 aromatic heterocycles. The van der Waals surface area contributed by atoms with E-state index in [0.29, 0.717) is 30.9 Å². The van der Waals surface area contributed by atoms with Crippen LogP contribution in [0.1, 0.15) is 22.4 Å². The van der Waals surface area contributed by atoms with Gasteiger partial charge in [-0.05, 0) is 30.2 Å². The Kier molecular flexibility index (Phi) is 4.30. The maximum Gasteiger partial charge on any atom is 0.254 e. The minimum atomic E-state index is -0.0705. The van der Waals surface area contributed by atoms with Gasteiger partial charge in [0.1, 0.15) is 5.82 Å². The summed E-state index contributed by atoms with van der Waals surface area (Å²) in [5.74, 6) is 0.565. The Bertz CT molecular complexity index is 1040. The van der Waals surface area contributed by atoms with E-state index >= 15 is 0 Å². The third kappa shape index (κ3) is 3.13. The molecule has 128 valence electrons. The number of benzene rings is 1. The third-order valence-corrected chi connectivity index (χ3v) is 4.64. The van der Waals surface area contributed by atoms with Gasteiger partial charge in [0.25, 0.3) is 5.56 Å². The molecule has 0 aliphatic carbocycles. The molecule has 0 unspecified atom stereocenters. The maximum atomic E-state index is 12.5. The Morgan fingerprint density at radius 3 is 2.81 bits per heavy atom. The van der Waals surface area contributed by atoms with Crippen molar-refractivity contribution >= 4 is 0 Å². The Morgan fingerprint density at radius 2 is 2.00 bits per heavy atom. The van der Waals surface area contributed by atoms with Crippen molar-refractivity contribution in [3.05, 3.63) is 81.5 Å². The van der Waals surface area contributed by atoms with E-state index in [9.17, 15) is 10.1 Å². The van der Waals surface area contributed by atoms with E-state index in [0.717, 1.165) is 28.9 Å². The second-order valence-corrected chi connectivity index (χ2v) is 6.31. The summed E-state index contributed by atoms with van der Waals surface area (Å²) in [4.78, 5) is 26.2. The van der Waals surface area contributed by atoms with Crippen LogP contribution in [0.4, 0.5) is 0 Å². The summed E-state index contributed by atoms with van der Waals surface area (Å²) in [6.07, 6.45) is 4.02. The molecule has 6 nitrogen and oxygen atoms in total. The van der Waals surface area contributed by atoms with Crippen LogP contribution in [0.25, 0.3) is 11.4 Å². The van der Waals surface area contributed by atoms with E-state index in [4.69, 9.17) is 0 Å². The minimum Gasteiger partial charge on any atom is -0.306 e. The number of hydrogen-bond acceptors (Lipinski definition) is 5. The molecule has 0 atom stereocenters. The van der Waals surface area contributed by atoms with Gasteiger partial charge in [0.2, 0.25) is 0 Å². The number of aromatic amines is 1. The number of nitrogens with zero attached hydrogens (tertiary/aromatic N) is 4. The van der Waals surface area contributed by atoms with Crippen LogP contribution in [0.3, 0.4) is 0 Å². The summed E-state index contributed by atoms with van der Waals surface area (Å²) < 4.78 is 0. The fourth-order valence-electron chi connectivity index (χ4n) is 3.28. The van der Waals surface area contributed by atoms with E-state index in [1.54, 1.807) is 12.4 Å². The van der Waals surface area contributed by atoms with Crippen LogP contribution in [0, 0.1) is 11.3 Å². The molecule has 0 amide bonds. The predicted octanol–water partition coefficient (Wildman–Crippen LogP) is 2.26. The molecule has 0 spiro atoms. The first-order chi connectivity index (χ1) is 12.7. The van der Waals surface area contributed by atoms with Crippen LogP contribution in [-0.4, -0.2) is 26.4 Å². The fourth-order valence-corrected chi connectivity index (χ4v) is 3.28. The number of hydrogen-bond donors (Lipinski definition) is 1. The molecule has 3 heterocycles. The molecule has 0 radical (unpaired) electrons. The third-order valence-electron chi connectivity index (χ3n) is 4.64. The summed E-state index contributed by atoms with van der Waals surface area (Å²) >= 11 is 0. The predicted molar refractivity (Wildman–Crippen MR) is 97.1 cm³/mol. The summed E-state index contributed by atoms with van der Waals surface area (Å²) in [6, 6.07) is 13.5. The normalized spacial score (nSPS) is 13.8. The van der Waals surface area contributed by atoms with Crippen molar-refractivity contribution in [1.82, 2.24) is 19.9 Å². The second kappa shape index (κ2) is 6.90. The van der Waals surface area contributed by atoms with Crippen molar-refractivity contribution in [2.45, 2.75) is 19.5 Å². The Morgan fingerprint density at radius 1 is 1.19 bits per heavy atom. The monoisotopic (exact) mass is 343 g/mol. The summed E-state index contributed by atoms with van der Waals surface area (Å²) in [7, 11) is 0. The summed E-state index contributed by atoms with van der Waals surface area (Å²) in [5, 5.41) is 9.27. The molecule has 0 bridgehead atoms. The second-order valence-electron chi connectivity index (χ2n) is 6.31. The van der Waals surface area contributed by atoms with Crippen LogP contribution in [0.15, 0.2) is 53.6 Å². The molecular weight excluding hydrogens is 326 g/mol. The highest BCUT2D eigenvalue weighted by Gasteiger charge is 2.22. The van der Waals surface area contributed by atoms with Gasteiger partial charge in [-0.15, -0.1) is 0 Å². The summed E-state index contributed by atoms with van der Waals surface area (Å²) in [6.45, 7) is 2.03. The lowest BCUT2D eigenvalue weighted by Gasteiger charge is -2.28. The zero-order chi connectivity index (χ0) is 17.9. The molecule has 26 heavy (non-hydrogen) atoms. The lowest BCUT2D eigenvalue weighted by atomic mass is 10.0. The van der Waals surface area contributed by atoms with E-state index in [1.165, 1.54) is 0 Å². The number of aromatic nitrogens is 3. The molecule has 4 rings (SSSR count). The van der Waals surface area contributed by atoms with Gasteiger partial charge < -0.3 is 4.98 Å². The standard InChI is InChI=1S/C20H17N5O/c21-11-15-3-1-2-4-16(15)12-25-10-7-17-18(13-25)23-19(24-20(17)26)14-5-8-22-9-6-14/h1-6,8-9H,7,10,12-13H2,(H,23,24,26). The van der Waals surface area contributed by atoms with E-state index in [-0.39, 0.29) is 5.56 Å². The first-order valence-electron chi connectivity index (χ1n) is 8.47. The first kappa shape index (κ1) is 16.2. The topological polar surface area (TPSA) is 85.7 Å². The van der Waals surface area contributed by atoms with Gasteiger partial charge in [0.05, 0.1) is 17.3 Å². The van der Waals surface area contributed by atoms with Crippen LogP contribution in [-0.2, 0) is 19.5 Å². The minimum absolute atomic E-state index is 0.0705. The van der Waals surface area contributed by atoms with Crippen molar-refractivity contribution < 1.29 is 0 Å². The highest BCUT2D eigenvalue weighted by atomic mass is 16.1. The molecule has 0 saturated heterocycles. The Hall–Kier alpha value is -3.30. The molecule has 1 aromatic carbocycles. The fraction of sp³-hybridized carbons (Fsp3) is 0.200. The lowest BCUT2D eigenvalue weighted by Crippen LogP contribution is -2.35. The van der Waals surface area contributed by atoms with Crippen molar-refractivity contribution in [2.24, 2.45) is 0 Å². The summed E-state index contributed by atoms with van der Waals surface area (Å²) in [5.41, 5.74) is 4.02. The molecule has 1 aliphatic heterocycles. The molecule has 0 saturated carbocycles. The van der Waals surface area contributed by atoms with Gasteiger partial charge in [-0.1, -0.05) is 18.2 Å². The van der Waals surface area contributed by atoms with Crippen molar-refractivity contribution in [3.63, 3.8) is 0 Å². The number of H-pyrrole nitrogens is 1. The zero-order valence-corrected chi connectivity index (χ0v) is 14.1. The van der Waals surface area contributed by atoms with E-state index < -0.39 is 0 Å². The van der Waals surface area contributed by atoms with Gasteiger partial charge in [-0.25, -0.2) is 4.98 Å². The molecule has 3 aromatic rings. The number of nitrogens with one attached hydrogen (secondary N) is 1. The van der Waals surface area contributed by atoms with Gasteiger partial charge in [-0.3, -0.25) is 14.7 Å². The smallest absolute Gasteiger partial charge is 0.254 e. The van der Waals surface area contributed by atoms with E-state index in [1.807, 2.05) is 36.4 Å². The number of rotatable bonds is 3. The SMILES string of the molecule is N#Cc1ccccc1CN1CCc2c(nc(-c3ccncc3)[nH]c2=O)C1. The lowest BCUT2D eigenvalue weighted by molar-refractivity contribution is 0.240. The Labute approximate surface area is 150 Å². The maximum absolute atomic E-state index is 12.5. The first-order valence-corrected chi connectivity index (χ1v) is 8.47. The van der Waals surface area contributed by atoms with E-state index in [2.05, 4.69) is 25.9 Å². The van der Waals surface area contributed by atoms with Crippen molar-refractivity contribution in [2.75, 3.05) is 6.54 Å². The molecule has 0 fully saturated rings. The highest BCUT2D eigenvalue weighted by Crippen LogP contribution is 2.20. The van der Waals surface area contributed by atoms with Crippen LogP contribution < -0.4 is 5.56 Å². The molecular formula is C20H17N5O. The largest absolute Gasteiger partial charge is 0.306 e. The van der Waals surface area contributed by atoms with Crippen molar-refractivity contribution in [1.29, 1.82) is 5.26 Å². The van der Waals surface area contributed by atoms with Crippen LogP contribution in [0.5, 0.6) is 0 Å². The highest BCUT2D eigenvalue weighted by molar-refractivity contribution is 5.54. The quantitative estimate of drug-likeness (QED) is 0.788. The molecule has 6 heteroatoms. The average molecular weight is 343 g/mol. The number of fused-ring (bicyclic) bond motifs is 1. The van der Waals surface area contributed by atoms with Gasteiger partial charge in [0.15, 0.2) is 0 Å². The Balaban J connectivity index is 1.63. The average Bonchev–Trinajstić information content (AvgIpc) is 2.69. The van der Waals surface area contributed by atoms with Gasteiger partial charge in [-0.2, -0.15) is 5.26 Å².